The van der Waals surface area contributed by atoms with Crippen LogP contribution in [0, 0.1) is 0 Å². The average Bonchev–Trinajstić information content (AvgIpc) is 3.24. The summed E-state index contributed by atoms with van der Waals surface area (Å²) in [4.78, 5) is 63.7. The second kappa shape index (κ2) is 18.2. The van der Waals surface area contributed by atoms with Crippen LogP contribution < -0.4 is 31.3 Å². The molecule has 316 valence electrons. The molecule has 62 heavy (non-hydrogen) atoms. The van der Waals surface area contributed by atoms with Crippen molar-refractivity contribution in [3.63, 3.8) is 0 Å². The van der Waals surface area contributed by atoms with E-state index < -0.39 is 11.9 Å². The van der Waals surface area contributed by atoms with Gasteiger partial charge in [-0.3, -0.25) is 19.2 Å². The zero-order chi connectivity index (χ0) is 44.2. The fourth-order valence-electron chi connectivity index (χ4n) is 7.30. The number of nitrogens with zero attached hydrogens (tertiary/aromatic N) is 6. The summed E-state index contributed by atoms with van der Waals surface area (Å²) in [6.07, 6.45) is 0. The molecule has 4 aromatic carbocycles. The van der Waals surface area contributed by atoms with E-state index in [9.17, 15) is 24.3 Å². The molecule has 0 saturated carbocycles. The van der Waals surface area contributed by atoms with Gasteiger partial charge in [0.1, 0.15) is 36.0 Å². The van der Waals surface area contributed by atoms with Crippen LogP contribution in [-0.2, 0) is 27.4 Å². The number of rotatable bonds is 11. The zero-order valence-corrected chi connectivity index (χ0v) is 36.0. The number of hydrogen-bond acceptors (Lipinski definition) is 11. The van der Waals surface area contributed by atoms with E-state index in [-0.39, 0.29) is 36.2 Å². The topological polar surface area (TPSA) is 164 Å². The molecule has 0 aliphatic carbocycles. The number of pyridine rings is 4. The summed E-state index contributed by atoms with van der Waals surface area (Å²) in [5.74, 6) is -0.422. The van der Waals surface area contributed by atoms with Gasteiger partial charge in [0.25, 0.3) is 0 Å². The molecule has 0 bridgehead atoms. The summed E-state index contributed by atoms with van der Waals surface area (Å²) in [5.41, 5.74) is 4.13. The Bertz CT molecular complexity index is 3120. The number of anilines is 6. The van der Waals surface area contributed by atoms with E-state index in [4.69, 9.17) is 32.9 Å². The van der Waals surface area contributed by atoms with Gasteiger partial charge in [0.15, 0.2) is 10.9 Å². The molecule has 3 N–H and O–H groups in total. The van der Waals surface area contributed by atoms with Gasteiger partial charge in [-0.2, -0.15) is 0 Å². The molecule has 4 aromatic heterocycles. The van der Waals surface area contributed by atoms with Gasteiger partial charge in [-0.25, -0.2) is 9.97 Å². The van der Waals surface area contributed by atoms with Crippen molar-refractivity contribution in [1.29, 1.82) is 0 Å². The predicted octanol–water partition coefficient (Wildman–Crippen LogP) is 8.67. The van der Waals surface area contributed by atoms with Crippen molar-refractivity contribution in [2.45, 2.75) is 20.0 Å². The first kappa shape index (κ1) is 42.9. The highest BCUT2D eigenvalue weighted by Gasteiger charge is 2.22. The SMILES string of the molecule is CCOC(=O)Cn1c2nc(Nc3ccccc3)ccc2c(=O)c2ccc(Cl)c(N(C)C)c21.CN(C)c1c(Cl)ccc2c(=O)c3ccc(Nc4ccccc4)nc3n(CC(=O)O)c12. The van der Waals surface area contributed by atoms with E-state index in [2.05, 4.69) is 15.6 Å². The van der Waals surface area contributed by atoms with Crippen molar-refractivity contribution in [3.05, 3.63) is 140 Å². The van der Waals surface area contributed by atoms with E-state index in [1.165, 1.54) is 4.57 Å². The average molecular weight is 874 g/mol. The monoisotopic (exact) mass is 872 g/mol. The molecule has 0 saturated heterocycles. The summed E-state index contributed by atoms with van der Waals surface area (Å²) in [5, 5.41) is 18.5. The van der Waals surface area contributed by atoms with Crippen molar-refractivity contribution in [2.24, 2.45) is 0 Å². The fourth-order valence-corrected chi connectivity index (χ4v) is 7.94. The molecule has 14 nitrogen and oxygen atoms in total. The predicted molar refractivity (Wildman–Crippen MR) is 249 cm³/mol. The molecule has 0 atom stereocenters. The molecule has 0 amide bonds. The normalized spacial score (nSPS) is 11.0. The van der Waals surface area contributed by atoms with Crippen LogP contribution in [0.1, 0.15) is 6.92 Å². The van der Waals surface area contributed by atoms with Crippen molar-refractivity contribution >= 4 is 113 Å². The second-order valence-corrected chi connectivity index (χ2v) is 15.3. The van der Waals surface area contributed by atoms with Gasteiger partial charge in [0, 0.05) is 50.3 Å². The lowest BCUT2D eigenvalue weighted by Crippen LogP contribution is -2.21. The Labute approximate surface area is 365 Å². The number of para-hydroxylation sites is 2. The summed E-state index contributed by atoms with van der Waals surface area (Å²) in [6, 6.07) is 32.6. The number of carbonyl (C=O) groups is 2. The Balaban J connectivity index is 0.000000187. The van der Waals surface area contributed by atoms with Gasteiger partial charge in [-0.15, -0.1) is 0 Å². The van der Waals surface area contributed by atoms with Crippen molar-refractivity contribution in [3.8, 4) is 0 Å². The maximum absolute atomic E-state index is 13.4. The second-order valence-electron chi connectivity index (χ2n) is 14.5. The number of ether oxygens (including phenoxy) is 1. The van der Waals surface area contributed by atoms with Crippen LogP contribution in [-0.4, -0.2) is 70.9 Å². The van der Waals surface area contributed by atoms with Crippen molar-refractivity contribution in [2.75, 3.05) is 55.2 Å². The van der Waals surface area contributed by atoms with E-state index in [0.29, 0.717) is 71.3 Å². The lowest BCUT2D eigenvalue weighted by molar-refractivity contribution is -0.143. The molecule has 4 heterocycles. The minimum atomic E-state index is -1.05. The van der Waals surface area contributed by atoms with E-state index in [1.807, 2.05) is 79.7 Å². The van der Waals surface area contributed by atoms with Crippen LogP contribution in [0.15, 0.2) is 119 Å². The van der Waals surface area contributed by atoms with Gasteiger partial charge >= 0.3 is 11.9 Å². The van der Waals surface area contributed by atoms with Gasteiger partial charge in [-0.05, 0) is 79.7 Å². The van der Waals surface area contributed by atoms with Gasteiger partial charge in [0.05, 0.1) is 49.8 Å². The number of halogens is 2. The maximum atomic E-state index is 13.4. The summed E-state index contributed by atoms with van der Waals surface area (Å²) in [6.45, 7) is 1.53. The van der Waals surface area contributed by atoms with Crippen molar-refractivity contribution < 1.29 is 19.4 Å². The Kier molecular flexibility index (Phi) is 12.6. The van der Waals surface area contributed by atoms with E-state index in [0.717, 1.165) is 11.4 Å². The molecule has 16 heteroatoms. The Hall–Kier alpha value is -7.16. The number of aliphatic carboxylic acids is 1. The fraction of sp³-hybridized carbons (Fsp3) is 0.174. The lowest BCUT2D eigenvalue weighted by atomic mass is 10.1. The van der Waals surface area contributed by atoms with Gasteiger partial charge in [0.2, 0.25) is 0 Å². The molecule has 0 fully saturated rings. The third kappa shape index (κ3) is 8.69. The smallest absolute Gasteiger partial charge is 0.326 e. The number of esters is 1. The van der Waals surface area contributed by atoms with Crippen LogP contribution >= 0.6 is 23.2 Å². The summed E-state index contributed by atoms with van der Waals surface area (Å²) < 4.78 is 8.45. The number of nitrogens with one attached hydrogen (secondary N) is 2. The number of carboxylic acids is 1. The van der Waals surface area contributed by atoms with Crippen LogP contribution in [0.25, 0.3) is 43.9 Å². The maximum Gasteiger partial charge on any atom is 0.326 e. The number of carbonyl (C=O) groups excluding carboxylic acids is 1. The van der Waals surface area contributed by atoms with E-state index in [1.54, 1.807) is 79.0 Å². The number of benzene rings is 4. The molecular weight excluding hydrogens is 831 g/mol. The van der Waals surface area contributed by atoms with Crippen LogP contribution in [0.5, 0.6) is 0 Å². The molecule has 0 radical (unpaired) electrons. The van der Waals surface area contributed by atoms with Crippen LogP contribution in [0.3, 0.4) is 0 Å². The lowest BCUT2D eigenvalue weighted by Gasteiger charge is -2.22. The highest BCUT2D eigenvalue weighted by atomic mass is 35.5. The van der Waals surface area contributed by atoms with Crippen LogP contribution in [0.4, 0.5) is 34.4 Å². The minimum Gasteiger partial charge on any atom is -0.480 e. The molecule has 8 aromatic rings. The van der Waals surface area contributed by atoms with Gasteiger partial charge in [-0.1, -0.05) is 59.6 Å². The number of hydrogen-bond donors (Lipinski definition) is 3. The third-order valence-electron chi connectivity index (χ3n) is 9.86. The highest BCUT2D eigenvalue weighted by molar-refractivity contribution is 6.35. The molecule has 0 aliphatic rings. The highest BCUT2D eigenvalue weighted by Crippen LogP contribution is 2.36. The molecule has 8 rings (SSSR count). The van der Waals surface area contributed by atoms with E-state index >= 15 is 0 Å². The molecule has 0 spiro atoms. The Morgan fingerprint density at radius 3 is 1.40 bits per heavy atom. The quantitative estimate of drug-likeness (QED) is 0.0839. The van der Waals surface area contributed by atoms with Crippen molar-refractivity contribution in [1.82, 2.24) is 19.1 Å². The molecular formula is C46H42Cl2N8O6. The summed E-state index contributed by atoms with van der Waals surface area (Å²) >= 11 is 12.9. The Morgan fingerprint density at radius 1 is 0.613 bits per heavy atom. The number of aromatic nitrogens is 4. The molecule has 0 aliphatic heterocycles. The van der Waals surface area contributed by atoms with Gasteiger partial charge < -0.3 is 39.4 Å². The first-order chi connectivity index (χ1) is 29.8. The third-order valence-corrected chi connectivity index (χ3v) is 10.5. The Morgan fingerprint density at radius 2 is 1.02 bits per heavy atom. The summed E-state index contributed by atoms with van der Waals surface area (Å²) in [7, 11) is 7.26. The minimum absolute atomic E-state index is 0.107. The largest absolute Gasteiger partial charge is 0.480 e. The number of fused-ring (bicyclic) bond motifs is 4. The number of carboxylic acid groups (broad SMARTS) is 1. The van der Waals surface area contributed by atoms with Crippen LogP contribution in [0.2, 0.25) is 10.0 Å². The molecule has 0 unspecified atom stereocenters. The zero-order valence-electron chi connectivity index (χ0n) is 34.4. The first-order valence-corrected chi connectivity index (χ1v) is 20.2. The first-order valence-electron chi connectivity index (χ1n) is 19.4. The standard InChI is InChI=1S/C24H23ClN4O3.C22H19ClN4O3/c1-4-32-20(30)14-29-21-16(10-12-18(25)22(21)28(2)3)23(31)17-11-13-19(27-24(17)29)26-15-8-6-5-7-9-15;1-26(2)20-16(23)10-8-14-19(20)27(12-18(28)29)22-15(21(14)30)9-11-17(25-22)24-13-6-4-3-5-7-13/h5-13H,4,14H2,1-3H3,(H,26,27);3-11H,12H2,1-2H3,(H,24,25)(H,28,29).